The van der Waals surface area contributed by atoms with Gasteiger partial charge < -0.3 is 4.89 Å². The highest BCUT2D eigenvalue weighted by Crippen LogP contribution is 2.51. The van der Waals surface area contributed by atoms with E-state index in [1.165, 1.54) is 0 Å². The molecule has 19 heavy (non-hydrogen) atoms. The highest BCUT2D eigenvalue weighted by molar-refractivity contribution is 7.50. The molecule has 0 aromatic carbocycles. The fraction of sp³-hybridized carbons (Fsp3) is 1.00. The lowest BCUT2D eigenvalue weighted by molar-refractivity contribution is 0.110. The average molecular weight is 293 g/mol. The van der Waals surface area contributed by atoms with Crippen LogP contribution in [0.4, 0.5) is 0 Å². The molecule has 0 aromatic rings. The second kappa shape index (κ2) is 9.12. The molecule has 2 atom stereocenters. The Morgan fingerprint density at radius 2 is 1.63 bits per heavy atom. The van der Waals surface area contributed by atoms with Crippen LogP contribution < -0.4 is 0 Å². The first-order valence-corrected chi connectivity index (χ1v) is 9.09. The molecule has 0 aromatic heterocycles. The van der Waals surface area contributed by atoms with Gasteiger partial charge in [-0.3, -0.25) is 4.52 Å². The normalized spacial score (nSPS) is 17.2. The second-order valence-corrected chi connectivity index (χ2v) is 7.34. The molecule has 0 heterocycles. The summed E-state index contributed by atoms with van der Waals surface area (Å²) in [5, 5.41) is 0. The second-order valence-electron chi connectivity index (χ2n) is 5.69. The molecule has 0 rings (SSSR count). The molecule has 0 saturated carbocycles. The Kier molecular flexibility index (Phi) is 9.17. The first kappa shape index (κ1) is 19.1. The lowest BCUT2D eigenvalue weighted by Gasteiger charge is -2.34. The molecule has 0 amide bonds. The van der Waals surface area contributed by atoms with Crippen molar-refractivity contribution in [3.05, 3.63) is 0 Å². The van der Waals surface area contributed by atoms with Gasteiger partial charge in [-0.25, -0.2) is 9.24 Å². The molecular formula is C14H32NO3P. The van der Waals surface area contributed by atoms with Crippen LogP contribution >= 0.6 is 7.75 Å². The highest BCUT2D eigenvalue weighted by atomic mass is 31.2. The molecule has 0 spiro atoms. The Morgan fingerprint density at radius 3 is 2.00 bits per heavy atom. The van der Waals surface area contributed by atoms with Crippen LogP contribution in [0.3, 0.4) is 0 Å². The van der Waals surface area contributed by atoms with Crippen molar-refractivity contribution in [3.63, 3.8) is 0 Å². The third-order valence-corrected chi connectivity index (χ3v) is 5.30. The monoisotopic (exact) mass is 293 g/mol. The van der Waals surface area contributed by atoms with Gasteiger partial charge in [-0.05, 0) is 40.5 Å². The maximum Gasteiger partial charge on any atom is 0.406 e. The first-order chi connectivity index (χ1) is 8.76. The fourth-order valence-electron chi connectivity index (χ4n) is 2.38. The average Bonchev–Trinajstić information content (AvgIpc) is 2.25. The molecule has 4 nitrogen and oxygen atoms in total. The highest BCUT2D eigenvalue weighted by Gasteiger charge is 2.36. The maximum absolute atomic E-state index is 12.5. The Balaban J connectivity index is 4.65. The van der Waals surface area contributed by atoms with Crippen LogP contribution in [0.5, 0.6) is 0 Å². The van der Waals surface area contributed by atoms with Gasteiger partial charge in [-0.1, -0.05) is 33.1 Å². The summed E-state index contributed by atoms with van der Waals surface area (Å²) < 4.78 is 19.6. The number of hydrogen-bond donors (Lipinski definition) is 1. The zero-order valence-electron chi connectivity index (χ0n) is 13.4. The van der Waals surface area contributed by atoms with Crippen molar-refractivity contribution < 1.29 is 14.0 Å². The van der Waals surface area contributed by atoms with Gasteiger partial charge in [0.25, 0.3) is 0 Å². The van der Waals surface area contributed by atoms with E-state index in [0.717, 1.165) is 32.1 Å². The van der Waals surface area contributed by atoms with Crippen molar-refractivity contribution >= 4 is 7.75 Å². The van der Waals surface area contributed by atoms with Crippen LogP contribution in [0.2, 0.25) is 0 Å². The first-order valence-electron chi connectivity index (χ1n) is 7.56. The smallest absolute Gasteiger partial charge is 0.312 e. The van der Waals surface area contributed by atoms with Gasteiger partial charge in [-0.2, -0.15) is 0 Å². The minimum atomic E-state index is -3.70. The van der Waals surface area contributed by atoms with Gasteiger partial charge in [0.15, 0.2) is 0 Å². The largest absolute Gasteiger partial charge is 0.406 e. The minimum absolute atomic E-state index is 0.0102. The van der Waals surface area contributed by atoms with E-state index in [1.54, 1.807) is 4.67 Å². The van der Waals surface area contributed by atoms with Crippen LogP contribution in [-0.4, -0.2) is 27.8 Å². The number of unbranched alkanes of at least 4 members (excludes halogenated alkanes) is 2. The molecule has 0 aliphatic carbocycles. The van der Waals surface area contributed by atoms with Gasteiger partial charge in [0.1, 0.15) is 0 Å². The molecule has 0 bridgehead atoms. The van der Waals surface area contributed by atoms with Crippen molar-refractivity contribution in [1.82, 2.24) is 4.67 Å². The lowest BCUT2D eigenvalue weighted by Crippen LogP contribution is -2.35. The van der Waals surface area contributed by atoms with Crippen molar-refractivity contribution in [2.45, 2.75) is 91.8 Å². The standard InChI is InChI=1S/C14H32NO3P/c1-7-9-10-11-14(8-2)18-19(16,17)15(12(3)4)13(5)6/h12-14H,7-11H2,1-6H3,(H,16,17). The van der Waals surface area contributed by atoms with Gasteiger partial charge >= 0.3 is 7.75 Å². The van der Waals surface area contributed by atoms with Gasteiger partial charge in [0.2, 0.25) is 0 Å². The molecule has 1 N–H and O–H groups in total. The van der Waals surface area contributed by atoms with Gasteiger partial charge in [0.05, 0.1) is 6.10 Å². The molecule has 0 radical (unpaired) electrons. The Labute approximate surface area is 119 Å². The topological polar surface area (TPSA) is 49.8 Å². The summed E-state index contributed by atoms with van der Waals surface area (Å²) in [4.78, 5) is 10.2. The molecule has 5 heteroatoms. The van der Waals surface area contributed by atoms with E-state index >= 15 is 0 Å². The molecule has 0 aliphatic heterocycles. The van der Waals surface area contributed by atoms with Crippen molar-refractivity contribution in [3.8, 4) is 0 Å². The van der Waals surface area contributed by atoms with Crippen LogP contribution in [0, 0.1) is 0 Å². The summed E-state index contributed by atoms with van der Waals surface area (Å²) in [5.74, 6) is 0. The quantitative estimate of drug-likeness (QED) is 0.473. The molecule has 0 saturated heterocycles. The lowest BCUT2D eigenvalue weighted by atomic mass is 10.1. The Hall–Kier alpha value is 0.110. The predicted octanol–water partition coefficient (Wildman–Crippen LogP) is 4.58. The van der Waals surface area contributed by atoms with E-state index in [2.05, 4.69) is 6.92 Å². The maximum atomic E-state index is 12.5. The van der Waals surface area contributed by atoms with Crippen LogP contribution in [0.15, 0.2) is 0 Å². The Morgan fingerprint density at radius 1 is 1.11 bits per heavy atom. The van der Waals surface area contributed by atoms with E-state index in [0.29, 0.717) is 0 Å². The zero-order chi connectivity index (χ0) is 15.1. The number of rotatable bonds is 10. The van der Waals surface area contributed by atoms with E-state index in [1.807, 2.05) is 34.6 Å². The summed E-state index contributed by atoms with van der Waals surface area (Å²) in [6, 6.07) is -0.0204. The van der Waals surface area contributed by atoms with E-state index < -0.39 is 7.75 Å². The third kappa shape index (κ3) is 6.89. The van der Waals surface area contributed by atoms with Gasteiger partial charge in [-0.15, -0.1) is 0 Å². The third-order valence-electron chi connectivity index (χ3n) is 3.22. The number of nitrogens with zero attached hydrogens (tertiary/aromatic N) is 1. The van der Waals surface area contributed by atoms with Crippen LogP contribution in [0.1, 0.15) is 73.6 Å². The summed E-state index contributed by atoms with van der Waals surface area (Å²) >= 11 is 0. The van der Waals surface area contributed by atoms with E-state index in [9.17, 15) is 9.46 Å². The zero-order valence-corrected chi connectivity index (χ0v) is 14.3. The molecular weight excluding hydrogens is 261 g/mol. The van der Waals surface area contributed by atoms with Crippen LogP contribution in [-0.2, 0) is 9.09 Å². The number of hydrogen-bond acceptors (Lipinski definition) is 2. The van der Waals surface area contributed by atoms with E-state index in [-0.39, 0.29) is 18.2 Å². The van der Waals surface area contributed by atoms with E-state index in [4.69, 9.17) is 4.52 Å². The summed E-state index contributed by atoms with van der Waals surface area (Å²) in [7, 11) is -3.70. The van der Waals surface area contributed by atoms with Crippen LogP contribution in [0.25, 0.3) is 0 Å². The summed E-state index contributed by atoms with van der Waals surface area (Å²) in [6.45, 7) is 11.8. The molecule has 116 valence electrons. The SMILES string of the molecule is CCCCCC(CC)OP(=O)(O)N(C(C)C)C(C)C. The molecule has 2 unspecified atom stereocenters. The van der Waals surface area contributed by atoms with Crippen molar-refractivity contribution in [2.24, 2.45) is 0 Å². The van der Waals surface area contributed by atoms with Gasteiger partial charge in [0, 0.05) is 12.1 Å². The van der Waals surface area contributed by atoms with Crippen molar-refractivity contribution in [1.29, 1.82) is 0 Å². The molecule has 0 fully saturated rings. The Bertz CT molecular complexity index is 274. The minimum Gasteiger partial charge on any atom is -0.312 e. The fourth-order valence-corrected chi connectivity index (χ4v) is 4.30. The van der Waals surface area contributed by atoms with Crippen molar-refractivity contribution in [2.75, 3.05) is 0 Å². The summed E-state index contributed by atoms with van der Waals surface area (Å²) in [5.41, 5.74) is 0. The predicted molar refractivity (Wildman–Crippen MR) is 81.2 cm³/mol. The summed E-state index contributed by atoms with van der Waals surface area (Å²) in [6.07, 6.45) is 4.86. The molecule has 0 aliphatic rings.